The number of rotatable bonds is 6. The average Bonchev–Trinajstić information content (AvgIpc) is 2.66. The number of phenolic OH excluding ortho intramolecular Hbond substituents is 2. The Hall–Kier alpha value is -1.77. The van der Waals surface area contributed by atoms with Crippen molar-refractivity contribution in [3.63, 3.8) is 0 Å². The minimum atomic E-state index is -2.52. The van der Waals surface area contributed by atoms with Crippen molar-refractivity contribution in [1.29, 1.82) is 0 Å². The van der Waals surface area contributed by atoms with E-state index in [0.717, 1.165) is 0 Å². The van der Waals surface area contributed by atoms with Gasteiger partial charge in [-0.15, -0.1) is 0 Å². The molecule has 2 rings (SSSR count). The minimum absolute atomic E-state index is 0.296. The van der Waals surface area contributed by atoms with Crippen molar-refractivity contribution in [1.82, 2.24) is 0 Å². The Morgan fingerprint density at radius 2 is 1.04 bits per heavy atom. The van der Waals surface area contributed by atoms with Crippen LogP contribution in [-0.4, -0.2) is 61.7 Å². The Bertz CT molecular complexity index is 503. The monoisotopic (exact) mass is 388 g/mol. The molecule has 0 aromatic heterocycles. The highest BCUT2D eigenvalue weighted by atomic mass is 31.2. The molecule has 2 aromatic rings. The molecule has 7 N–H and O–H groups in total. The van der Waals surface area contributed by atoms with E-state index in [4.69, 9.17) is 35.3 Å². The van der Waals surface area contributed by atoms with E-state index in [2.05, 4.69) is 4.52 Å². The fourth-order valence-corrected chi connectivity index (χ4v) is 1.73. The van der Waals surface area contributed by atoms with Crippen LogP contribution in [0.4, 0.5) is 0 Å². The standard InChI is InChI=1S/2C6H6O.C5H13O6P/c2*7-6-4-2-1-3-5-6;6-1-5(2-7,3-8)4-11-12(9)10/h2*1-5,7H;6-10H,1-4H2. The van der Waals surface area contributed by atoms with Crippen LogP contribution in [0.15, 0.2) is 60.7 Å². The minimum Gasteiger partial charge on any atom is -0.508 e. The first-order valence-electron chi connectivity index (χ1n) is 7.50. The SMILES string of the molecule is OCC(CO)(CO)COP(O)O.Oc1ccccc1.Oc1ccccc1. The molecule has 0 aliphatic heterocycles. The molecule has 0 aliphatic carbocycles. The number of hydrogen-bond acceptors (Lipinski definition) is 8. The van der Waals surface area contributed by atoms with Gasteiger partial charge in [0, 0.05) is 0 Å². The Kier molecular flexibility index (Phi) is 13.4. The van der Waals surface area contributed by atoms with Crippen molar-refractivity contribution >= 4 is 8.60 Å². The molecular weight excluding hydrogens is 363 g/mol. The molecule has 8 nitrogen and oxygen atoms in total. The molecule has 0 unspecified atom stereocenters. The highest BCUT2D eigenvalue weighted by Gasteiger charge is 2.29. The lowest BCUT2D eigenvalue weighted by Gasteiger charge is -2.26. The largest absolute Gasteiger partial charge is 0.508 e. The van der Waals surface area contributed by atoms with Gasteiger partial charge in [0.05, 0.1) is 31.8 Å². The first-order valence-corrected chi connectivity index (χ1v) is 8.67. The van der Waals surface area contributed by atoms with E-state index in [1.807, 2.05) is 12.1 Å². The number of phenols is 2. The summed E-state index contributed by atoms with van der Waals surface area (Å²) in [5.41, 5.74) is -1.20. The highest BCUT2D eigenvalue weighted by molar-refractivity contribution is 7.39. The van der Waals surface area contributed by atoms with E-state index in [0.29, 0.717) is 11.5 Å². The van der Waals surface area contributed by atoms with Crippen LogP contribution >= 0.6 is 8.60 Å². The lowest BCUT2D eigenvalue weighted by atomic mass is 9.93. The lowest BCUT2D eigenvalue weighted by Crippen LogP contribution is -2.38. The Morgan fingerprint density at radius 1 is 0.692 bits per heavy atom. The normalized spacial score (nSPS) is 10.4. The summed E-state index contributed by atoms with van der Waals surface area (Å²) in [5.74, 6) is 0.644. The number of benzene rings is 2. The number of aliphatic hydroxyl groups is 3. The third-order valence-electron chi connectivity index (χ3n) is 3.00. The summed E-state index contributed by atoms with van der Waals surface area (Å²) in [4.78, 5) is 16.7. The zero-order valence-electron chi connectivity index (χ0n) is 14.1. The molecule has 0 radical (unpaired) electrons. The van der Waals surface area contributed by atoms with Gasteiger partial charge in [0.2, 0.25) is 0 Å². The van der Waals surface area contributed by atoms with Gasteiger partial charge in [-0.25, -0.2) is 0 Å². The smallest absolute Gasteiger partial charge is 0.327 e. The van der Waals surface area contributed by atoms with Crippen LogP contribution in [-0.2, 0) is 4.52 Å². The number of aromatic hydroxyl groups is 2. The highest BCUT2D eigenvalue weighted by Crippen LogP contribution is 2.28. The van der Waals surface area contributed by atoms with Crippen LogP contribution < -0.4 is 0 Å². The van der Waals surface area contributed by atoms with Crippen LogP contribution in [0.1, 0.15) is 0 Å². The second-order valence-electron chi connectivity index (χ2n) is 5.17. The van der Waals surface area contributed by atoms with E-state index in [1.54, 1.807) is 48.5 Å². The third kappa shape index (κ3) is 11.7. The molecule has 0 heterocycles. The molecule has 0 saturated heterocycles. The molecule has 0 amide bonds. The molecule has 2 aromatic carbocycles. The van der Waals surface area contributed by atoms with E-state index < -0.39 is 33.8 Å². The number of para-hydroxylation sites is 2. The molecule has 26 heavy (non-hydrogen) atoms. The Labute approximate surface area is 153 Å². The van der Waals surface area contributed by atoms with E-state index in [9.17, 15) is 0 Å². The van der Waals surface area contributed by atoms with Crippen molar-refractivity contribution in [3.8, 4) is 11.5 Å². The summed E-state index contributed by atoms with van der Waals surface area (Å²) in [7, 11) is -2.52. The van der Waals surface area contributed by atoms with Crippen molar-refractivity contribution in [2.45, 2.75) is 0 Å². The van der Waals surface area contributed by atoms with Gasteiger partial charge in [0.1, 0.15) is 11.5 Å². The predicted molar refractivity (Wildman–Crippen MR) is 97.2 cm³/mol. The third-order valence-corrected chi connectivity index (χ3v) is 3.36. The summed E-state index contributed by atoms with van der Waals surface area (Å²) in [5, 5.41) is 43.5. The van der Waals surface area contributed by atoms with Gasteiger partial charge in [0.25, 0.3) is 0 Å². The van der Waals surface area contributed by atoms with Crippen LogP contribution in [0.5, 0.6) is 11.5 Å². The summed E-state index contributed by atoms with van der Waals surface area (Å²) in [6.07, 6.45) is 0. The van der Waals surface area contributed by atoms with Crippen LogP contribution in [0.3, 0.4) is 0 Å². The predicted octanol–water partition coefficient (Wildman–Crippen LogP) is 0.962. The lowest BCUT2D eigenvalue weighted by molar-refractivity contribution is -0.0280. The van der Waals surface area contributed by atoms with Gasteiger partial charge >= 0.3 is 8.60 Å². The zero-order valence-corrected chi connectivity index (χ0v) is 15.0. The average molecular weight is 388 g/mol. The zero-order chi connectivity index (χ0) is 19.8. The van der Waals surface area contributed by atoms with E-state index in [1.165, 1.54) is 0 Å². The molecule has 0 atom stereocenters. The fourth-order valence-electron chi connectivity index (χ4n) is 1.34. The first-order chi connectivity index (χ1) is 12.4. The second kappa shape index (κ2) is 14.4. The van der Waals surface area contributed by atoms with E-state index in [-0.39, 0.29) is 6.61 Å². The fraction of sp³-hybridized carbons (Fsp3) is 0.294. The molecular formula is C17H25O8P. The van der Waals surface area contributed by atoms with Gasteiger partial charge in [-0.05, 0) is 24.3 Å². The van der Waals surface area contributed by atoms with Crippen molar-refractivity contribution in [3.05, 3.63) is 60.7 Å². The summed E-state index contributed by atoms with van der Waals surface area (Å²) in [6.45, 7) is -1.75. The van der Waals surface area contributed by atoms with Crippen LogP contribution in [0, 0.1) is 5.41 Å². The van der Waals surface area contributed by atoms with Gasteiger partial charge in [-0.3, -0.25) is 0 Å². The van der Waals surface area contributed by atoms with E-state index >= 15 is 0 Å². The van der Waals surface area contributed by atoms with Crippen molar-refractivity contribution in [2.24, 2.45) is 5.41 Å². The quantitative estimate of drug-likeness (QED) is 0.362. The van der Waals surface area contributed by atoms with Crippen molar-refractivity contribution < 1.29 is 39.8 Å². The maximum atomic E-state index is 8.73. The maximum Gasteiger partial charge on any atom is 0.327 e. The number of hydrogen-bond donors (Lipinski definition) is 7. The van der Waals surface area contributed by atoms with Gasteiger partial charge in [0.15, 0.2) is 0 Å². The molecule has 0 spiro atoms. The van der Waals surface area contributed by atoms with Crippen molar-refractivity contribution in [2.75, 3.05) is 26.4 Å². The molecule has 0 bridgehead atoms. The molecule has 9 heteroatoms. The van der Waals surface area contributed by atoms with Gasteiger partial charge in [-0.1, -0.05) is 36.4 Å². The van der Waals surface area contributed by atoms with Gasteiger partial charge in [-0.2, -0.15) is 0 Å². The first kappa shape index (κ1) is 24.2. The maximum absolute atomic E-state index is 8.73. The molecule has 0 fully saturated rings. The summed E-state index contributed by atoms with van der Waals surface area (Å²) in [6, 6.07) is 17.4. The molecule has 0 saturated carbocycles. The van der Waals surface area contributed by atoms with Gasteiger partial charge < -0.3 is 39.8 Å². The topological polar surface area (TPSA) is 151 Å². The van der Waals surface area contributed by atoms with Crippen LogP contribution in [0.2, 0.25) is 0 Å². The Morgan fingerprint density at radius 3 is 1.23 bits per heavy atom. The number of aliphatic hydroxyl groups excluding tert-OH is 3. The van der Waals surface area contributed by atoms with Crippen LogP contribution in [0.25, 0.3) is 0 Å². The Balaban J connectivity index is 0.000000381. The molecule has 146 valence electrons. The summed E-state index contributed by atoms with van der Waals surface area (Å²) < 4.78 is 4.38. The second-order valence-corrected chi connectivity index (χ2v) is 5.94. The summed E-state index contributed by atoms with van der Waals surface area (Å²) >= 11 is 0. The molecule has 0 aliphatic rings.